The molecular formula is C21H27N3O4. The van der Waals surface area contributed by atoms with Gasteiger partial charge < -0.3 is 15.1 Å². The lowest BCUT2D eigenvalue weighted by atomic mass is 9.85. The highest BCUT2D eigenvalue weighted by atomic mass is 16.6. The van der Waals surface area contributed by atoms with Crippen molar-refractivity contribution in [3.05, 3.63) is 57.6 Å². The van der Waals surface area contributed by atoms with Crippen molar-refractivity contribution in [2.75, 3.05) is 31.1 Å². The van der Waals surface area contributed by atoms with Gasteiger partial charge in [-0.25, -0.2) is 0 Å². The maximum atomic E-state index is 10.8. The van der Waals surface area contributed by atoms with E-state index in [1.54, 1.807) is 18.2 Å². The van der Waals surface area contributed by atoms with Crippen molar-refractivity contribution >= 4 is 11.4 Å². The van der Waals surface area contributed by atoms with Crippen LogP contribution in [-0.2, 0) is 12.0 Å². The van der Waals surface area contributed by atoms with Crippen molar-refractivity contribution in [3.8, 4) is 11.5 Å². The smallest absolute Gasteiger partial charge is 0.269 e. The number of phenols is 2. The van der Waals surface area contributed by atoms with Gasteiger partial charge in [-0.3, -0.25) is 15.0 Å². The van der Waals surface area contributed by atoms with E-state index in [0.29, 0.717) is 6.54 Å². The van der Waals surface area contributed by atoms with Gasteiger partial charge >= 0.3 is 0 Å². The standard InChI is InChI=1S/C21H27N3O4/c1-21(2,3)16-12-15(20(26)19(25)13-16)14-22-8-10-23(11-9-22)17-4-6-18(7-5-17)24(27)28/h4-7,12-13,25-26H,8-11,14H2,1-3H3. The van der Waals surface area contributed by atoms with E-state index in [9.17, 15) is 20.3 Å². The summed E-state index contributed by atoms with van der Waals surface area (Å²) in [6.45, 7) is 9.99. The average molecular weight is 385 g/mol. The number of phenolic OH excluding ortho intramolecular Hbond substituents is 2. The molecule has 0 bridgehead atoms. The number of benzene rings is 2. The van der Waals surface area contributed by atoms with E-state index < -0.39 is 4.92 Å². The number of nitro benzene ring substituents is 1. The molecule has 0 spiro atoms. The first-order valence-corrected chi connectivity index (χ1v) is 9.42. The van der Waals surface area contributed by atoms with Crippen LogP contribution < -0.4 is 4.90 Å². The van der Waals surface area contributed by atoms with Crippen LogP contribution in [0.3, 0.4) is 0 Å². The van der Waals surface area contributed by atoms with Crippen LogP contribution in [0, 0.1) is 10.1 Å². The molecule has 0 radical (unpaired) electrons. The number of aromatic hydroxyl groups is 2. The van der Waals surface area contributed by atoms with Crippen LogP contribution >= 0.6 is 0 Å². The van der Waals surface area contributed by atoms with Crippen LogP contribution in [-0.4, -0.2) is 46.2 Å². The van der Waals surface area contributed by atoms with Gasteiger partial charge in [0, 0.05) is 56.1 Å². The Kier molecular flexibility index (Phi) is 5.47. The topological polar surface area (TPSA) is 90.1 Å². The molecule has 7 nitrogen and oxygen atoms in total. The molecule has 0 aliphatic carbocycles. The van der Waals surface area contributed by atoms with Crippen LogP contribution in [0.5, 0.6) is 11.5 Å². The lowest BCUT2D eigenvalue weighted by molar-refractivity contribution is -0.384. The van der Waals surface area contributed by atoms with Crippen molar-refractivity contribution in [2.24, 2.45) is 0 Å². The van der Waals surface area contributed by atoms with Gasteiger partial charge in [-0.15, -0.1) is 0 Å². The second kappa shape index (κ2) is 7.67. The molecule has 0 saturated carbocycles. The summed E-state index contributed by atoms with van der Waals surface area (Å²) >= 11 is 0. The zero-order valence-electron chi connectivity index (χ0n) is 16.6. The molecule has 1 aliphatic heterocycles. The van der Waals surface area contributed by atoms with E-state index in [4.69, 9.17) is 0 Å². The predicted octanol–water partition coefficient (Wildman–Crippen LogP) is 3.63. The first-order valence-electron chi connectivity index (χ1n) is 9.42. The molecule has 0 amide bonds. The third kappa shape index (κ3) is 4.36. The van der Waals surface area contributed by atoms with Crippen LogP contribution in [0.4, 0.5) is 11.4 Å². The Hall–Kier alpha value is -2.80. The zero-order valence-corrected chi connectivity index (χ0v) is 16.6. The normalized spacial score (nSPS) is 15.6. The van der Waals surface area contributed by atoms with E-state index in [1.807, 2.05) is 6.07 Å². The maximum Gasteiger partial charge on any atom is 0.269 e. The number of rotatable bonds is 4. The molecule has 2 N–H and O–H groups in total. The van der Waals surface area contributed by atoms with Crippen LogP contribution in [0.25, 0.3) is 0 Å². The minimum absolute atomic E-state index is 0.0502. The highest BCUT2D eigenvalue weighted by Crippen LogP contribution is 2.36. The molecule has 1 fully saturated rings. The molecule has 0 atom stereocenters. The molecule has 1 heterocycles. The molecular weight excluding hydrogens is 358 g/mol. The number of hydrogen-bond acceptors (Lipinski definition) is 6. The highest BCUT2D eigenvalue weighted by Gasteiger charge is 2.22. The molecule has 1 saturated heterocycles. The fourth-order valence-electron chi connectivity index (χ4n) is 3.42. The molecule has 0 unspecified atom stereocenters. The number of anilines is 1. The lowest BCUT2D eigenvalue weighted by Gasteiger charge is -2.36. The second-order valence-electron chi connectivity index (χ2n) is 8.29. The quantitative estimate of drug-likeness (QED) is 0.475. The van der Waals surface area contributed by atoms with Crippen LogP contribution in [0.15, 0.2) is 36.4 Å². The lowest BCUT2D eigenvalue weighted by Crippen LogP contribution is -2.46. The first kappa shape index (κ1) is 19.9. The third-order valence-electron chi connectivity index (χ3n) is 5.23. The monoisotopic (exact) mass is 385 g/mol. The second-order valence-corrected chi connectivity index (χ2v) is 8.29. The minimum atomic E-state index is -0.394. The van der Waals surface area contributed by atoms with Crippen molar-refractivity contribution in [1.82, 2.24) is 4.90 Å². The number of nitrogens with zero attached hydrogens (tertiary/aromatic N) is 3. The van der Waals surface area contributed by atoms with Gasteiger partial charge in [0.1, 0.15) is 0 Å². The van der Waals surface area contributed by atoms with E-state index >= 15 is 0 Å². The van der Waals surface area contributed by atoms with E-state index in [2.05, 4.69) is 30.6 Å². The van der Waals surface area contributed by atoms with Gasteiger partial charge in [0.2, 0.25) is 0 Å². The summed E-state index contributed by atoms with van der Waals surface area (Å²) in [4.78, 5) is 14.8. The molecule has 3 rings (SSSR count). The third-order valence-corrected chi connectivity index (χ3v) is 5.23. The van der Waals surface area contributed by atoms with Crippen molar-refractivity contribution in [2.45, 2.75) is 32.7 Å². The molecule has 2 aromatic carbocycles. The predicted molar refractivity (Wildman–Crippen MR) is 109 cm³/mol. The molecule has 28 heavy (non-hydrogen) atoms. The fourth-order valence-corrected chi connectivity index (χ4v) is 3.42. The SMILES string of the molecule is CC(C)(C)c1cc(O)c(O)c(CN2CCN(c3ccc([N+](=O)[O-])cc3)CC2)c1. The van der Waals surface area contributed by atoms with Crippen LogP contribution in [0.2, 0.25) is 0 Å². The van der Waals surface area contributed by atoms with Gasteiger partial charge in [0.15, 0.2) is 11.5 Å². The number of non-ortho nitro benzene ring substituents is 1. The van der Waals surface area contributed by atoms with Crippen molar-refractivity contribution < 1.29 is 15.1 Å². The minimum Gasteiger partial charge on any atom is -0.504 e. The van der Waals surface area contributed by atoms with E-state index in [1.165, 1.54) is 12.1 Å². The summed E-state index contributed by atoms with van der Waals surface area (Å²) in [6.07, 6.45) is 0. The van der Waals surface area contributed by atoms with E-state index in [0.717, 1.165) is 43.0 Å². The fraction of sp³-hybridized carbons (Fsp3) is 0.429. The summed E-state index contributed by atoms with van der Waals surface area (Å²) < 4.78 is 0. The van der Waals surface area contributed by atoms with Gasteiger partial charge in [-0.1, -0.05) is 26.8 Å². The summed E-state index contributed by atoms with van der Waals surface area (Å²) in [5.74, 6) is -0.127. The Balaban J connectivity index is 1.66. The summed E-state index contributed by atoms with van der Waals surface area (Å²) in [7, 11) is 0. The molecule has 1 aliphatic rings. The van der Waals surface area contributed by atoms with Gasteiger partial charge in [0.25, 0.3) is 5.69 Å². The Morgan fingerprint density at radius 2 is 1.64 bits per heavy atom. The Morgan fingerprint density at radius 3 is 2.18 bits per heavy atom. The molecule has 2 aromatic rings. The number of hydrogen-bond donors (Lipinski definition) is 2. The maximum absolute atomic E-state index is 10.8. The Morgan fingerprint density at radius 1 is 1.04 bits per heavy atom. The molecule has 7 heteroatoms. The van der Waals surface area contributed by atoms with E-state index in [-0.39, 0.29) is 22.6 Å². The Bertz CT molecular complexity index is 851. The average Bonchev–Trinajstić information content (AvgIpc) is 2.65. The van der Waals surface area contributed by atoms with Gasteiger partial charge in [-0.2, -0.15) is 0 Å². The number of nitro groups is 1. The summed E-state index contributed by atoms with van der Waals surface area (Å²) in [5, 5.41) is 31.2. The first-order chi connectivity index (χ1) is 13.1. The van der Waals surface area contributed by atoms with Gasteiger partial charge in [-0.05, 0) is 29.2 Å². The summed E-state index contributed by atoms with van der Waals surface area (Å²) in [6, 6.07) is 10.2. The molecule has 150 valence electrons. The highest BCUT2D eigenvalue weighted by molar-refractivity contribution is 5.51. The van der Waals surface area contributed by atoms with Gasteiger partial charge in [0.05, 0.1) is 4.92 Å². The zero-order chi connectivity index (χ0) is 20.5. The number of piperazine rings is 1. The van der Waals surface area contributed by atoms with Crippen molar-refractivity contribution in [3.63, 3.8) is 0 Å². The Labute approximate surface area is 165 Å². The molecule has 0 aromatic heterocycles. The largest absolute Gasteiger partial charge is 0.504 e. The summed E-state index contributed by atoms with van der Waals surface area (Å²) in [5.41, 5.74) is 2.67. The van der Waals surface area contributed by atoms with Crippen LogP contribution in [0.1, 0.15) is 31.9 Å². The van der Waals surface area contributed by atoms with Crippen molar-refractivity contribution in [1.29, 1.82) is 0 Å².